The minimum absolute atomic E-state index is 0.0793. The minimum atomic E-state index is -4.16. The first-order valence-corrected chi connectivity index (χ1v) is 14.5. The number of amides is 1. The Bertz CT molecular complexity index is 1500. The fourth-order valence-electron chi connectivity index (χ4n) is 4.97. The number of benzene rings is 4. The number of para-hydroxylation sites is 1. The van der Waals surface area contributed by atoms with Crippen LogP contribution in [0.5, 0.6) is 5.75 Å². The molecule has 2 atom stereocenters. The van der Waals surface area contributed by atoms with Crippen LogP contribution in [0.25, 0.3) is 10.8 Å². The van der Waals surface area contributed by atoms with Crippen LogP contribution in [0.15, 0.2) is 102 Å². The summed E-state index contributed by atoms with van der Waals surface area (Å²) < 4.78 is 36.1. The number of hydrogen-bond acceptors (Lipinski definition) is 5. The Balaban J connectivity index is 1.64. The van der Waals surface area contributed by atoms with Crippen LogP contribution in [-0.2, 0) is 20.2 Å². The average molecular weight is 518 g/mol. The molecule has 1 aliphatic rings. The average Bonchev–Trinajstić information content (AvgIpc) is 2.91. The molecular weight excluding hydrogens is 490 g/mol. The molecule has 0 unspecified atom stereocenters. The molecule has 0 saturated heterocycles. The summed E-state index contributed by atoms with van der Waals surface area (Å²) in [5.41, 5.74) is 0.171. The molecule has 0 aliphatic carbocycles. The van der Waals surface area contributed by atoms with Gasteiger partial charge in [0, 0.05) is 23.1 Å². The lowest BCUT2D eigenvalue weighted by Crippen LogP contribution is -2.52. The quantitative estimate of drug-likeness (QED) is 0.349. The Morgan fingerprint density at radius 1 is 0.944 bits per heavy atom. The van der Waals surface area contributed by atoms with Crippen molar-refractivity contribution in [1.29, 1.82) is 0 Å². The van der Waals surface area contributed by atoms with Crippen molar-refractivity contribution in [3.63, 3.8) is 0 Å². The molecule has 0 bridgehead atoms. The topological polar surface area (TPSA) is 72.5 Å². The fraction of sp³-hybridized carbons (Fsp3) is 0.207. The van der Waals surface area contributed by atoms with Gasteiger partial charge in [0.2, 0.25) is 5.91 Å². The first-order chi connectivity index (χ1) is 17.5. The molecule has 184 valence electrons. The molecule has 5 rings (SSSR count). The molecule has 0 radical (unpaired) electrons. The van der Waals surface area contributed by atoms with Crippen molar-refractivity contribution in [3.05, 3.63) is 108 Å². The van der Waals surface area contributed by atoms with E-state index in [0.717, 1.165) is 16.7 Å². The highest BCUT2D eigenvalue weighted by atomic mass is 32.2. The highest BCUT2D eigenvalue weighted by Gasteiger charge is 2.50. The Kier molecular flexibility index (Phi) is 6.77. The summed E-state index contributed by atoms with van der Waals surface area (Å²) >= 11 is 1.73. The Hall–Kier alpha value is -3.29. The van der Waals surface area contributed by atoms with Crippen molar-refractivity contribution in [3.8, 4) is 5.75 Å². The molecule has 1 amide bonds. The number of carbonyl (C=O) groups excluding carboxylic acids is 1. The number of thioether (sulfide) groups is 1. The summed E-state index contributed by atoms with van der Waals surface area (Å²) in [5.74, 6) is 1.64. The minimum Gasteiger partial charge on any atom is -0.489 e. The highest BCUT2D eigenvalue weighted by molar-refractivity contribution is 7.99. The first kappa shape index (κ1) is 24.4. The molecule has 36 heavy (non-hydrogen) atoms. The second kappa shape index (κ2) is 9.99. The van der Waals surface area contributed by atoms with E-state index in [0.29, 0.717) is 28.9 Å². The molecule has 0 fully saturated rings. The van der Waals surface area contributed by atoms with E-state index < -0.39 is 21.3 Å². The van der Waals surface area contributed by atoms with Crippen LogP contribution in [0.4, 0.5) is 0 Å². The van der Waals surface area contributed by atoms with Gasteiger partial charge in [-0.15, -0.1) is 0 Å². The van der Waals surface area contributed by atoms with E-state index in [4.69, 9.17) is 4.74 Å². The van der Waals surface area contributed by atoms with Crippen LogP contribution in [0.1, 0.15) is 24.5 Å². The Morgan fingerprint density at radius 2 is 1.64 bits per heavy atom. The van der Waals surface area contributed by atoms with Crippen LogP contribution in [0.3, 0.4) is 0 Å². The maximum atomic E-state index is 14.3. The predicted octanol–water partition coefficient (Wildman–Crippen LogP) is 5.54. The molecule has 7 heteroatoms. The van der Waals surface area contributed by atoms with Crippen molar-refractivity contribution < 1.29 is 17.9 Å². The molecule has 1 N–H and O–H groups in total. The van der Waals surface area contributed by atoms with Crippen LogP contribution in [0.2, 0.25) is 0 Å². The van der Waals surface area contributed by atoms with Gasteiger partial charge in [0.25, 0.3) is 10.0 Å². The molecule has 4 aromatic rings. The molecule has 1 heterocycles. The van der Waals surface area contributed by atoms with E-state index in [9.17, 15) is 13.2 Å². The maximum Gasteiger partial charge on any atom is 0.264 e. The van der Waals surface area contributed by atoms with Gasteiger partial charge in [-0.3, -0.25) is 4.79 Å². The fourth-order valence-corrected chi connectivity index (χ4v) is 6.92. The van der Waals surface area contributed by atoms with Gasteiger partial charge >= 0.3 is 0 Å². The van der Waals surface area contributed by atoms with Crippen molar-refractivity contribution in [2.24, 2.45) is 0 Å². The zero-order chi connectivity index (χ0) is 25.2. The summed E-state index contributed by atoms with van der Waals surface area (Å²) in [4.78, 5) is 14.4. The summed E-state index contributed by atoms with van der Waals surface area (Å²) in [6, 6.07) is 29.2. The van der Waals surface area contributed by atoms with Crippen molar-refractivity contribution >= 4 is 38.5 Å². The number of fused-ring (bicyclic) bond motifs is 2. The van der Waals surface area contributed by atoms with Gasteiger partial charge in [-0.2, -0.15) is 11.8 Å². The number of rotatable bonds is 7. The lowest BCUT2D eigenvalue weighted by atomic mass is 9.68. The molecule has 0 saturated carbocycles. The lowest BCUT2D eigenvalue weighted by Gasteiger charge is -2.41. The van der Waals surface area contributed by atoms with Gasteiger partial charge in [0.05, 0.1) is 4.90 Å². The van der Waals surface area contributed by atoms with Crippen LogP contribution >= 0.6 is 11.8 Å². The number of ether oxygens (including phenoxy) is 1. The molecular formula is C29H27NO4S2. The molecule has 1 aliphatic heterocycles. The third kappa shape index (κ3) is 4.38. The summed E-state index contributed by atoms with van der Waals surface area (Å²) in [5, 5.41) is 1.36. The smallest absolute Gasteiger partial charge is 0.264 e. The molecule has 4 aromatic carbocycles. The normalized spacial score (nSPS) is 19.3. The maximum absolute atomic E-state index is 14.3. The zero-order valence-corrected chi connectivity index (χ0v) is 21.5. The van der Waals surface area contributed by atoms with E-state index in [1.807, 2.05) is 72.8 Å². The first-order valence-electron chi connectivity index (χ1n) is 11.9. The van der Waals surface area contributed by atoms with E-state index in [1.54, 1.807) is 30.0 Å². The van der Waals surface area contributed by atoms with E-state index in [1.165, 1.54) is 6.07 Å². The van der Waals surface area contributed by atoms with Gasteiger partial charge in [-0.1, -0.05) is 91.9 Å². The second-order valence-electron chi connectivity index (χ2n) is 8.78. The van der Waals surface area contributed by atoms with Gasteiger partial charge in [-0.25, -0.2) is 13.1 Å². The number of sulfonamides is 1. The third-order valence-electron chi connectivity index (χ3n) is 6.60. The van der Waals surface area contributed by atoms with E-state index in [2.05, 4.69) is 11.6 Å². The lowest BCUT2D eigenvalue weighted by molar-refractivity contribution is -0.125. The number of hydrogen-bond donors (Lipinski definition) is 1. The molecule has 0 spiro atoms. The largest absolute Gasteiger partial charge is 0.489 e. The van der Waals surface area contributed by atoms with Crippen molar-refractivity contribution in [2.75, 3.05) is 11.5 Å². The predicted molar refractivity (Wildman–Crippen MR) is 145 cm³/mol. The van der Waals surface area contributed by atoms with Crippen LogP contribution in [-0.4, -0.2) is 31.9 Å². The summed E-state index contributed by atoms with van der Waals surface area (Å²) in [7, 11) is -4.16. The standard InChI is InChI=1S/C29H27NO4S2/c1-2-35-20-23-19-29(22-13-4-3-5-14-22,25-16-8-9-17-26(25)34-23)28(31)30-36(32,33)27-18-10-12-21-11-6-7-15-24(21)27/h3-18,23H,2,19-20H2,1H3,(H,30,31)/t23-,29-/m1/s1. The third-order valence-corrected chi connectivity index (χ3v) is 9.01. The van der Waals surface area contributed by atoms with E-state index >= 15 is 0 Å². The SMILES string of the molecule is CCSC[C@H]1C[C@@](C(=O)NS(=O)(=O)c2cccc3ccccc23)(c2ccccc2)c2ccccc2O1. The van der Waals surface area contributed by atoms with E-state index in [-0.39, 0.29) is 11.0 Å². The summed E-state index contributed by atoms with van der Waals surface area (Å²) in [6.45, 7) is 2.08. The van der Waals surface area contributed by atoms with Gasteiger partial charge < -0.3 is 4.74 Å². The number of carbonyl (C=O) groups is 1. The monoisotopic (exact) mass is 517 g/mol. The second-order valence-corrected chi connectivity index (χ2v) is 11.8. The molecule has 0 aromatic heterocycles. The Labute approximate surface area is 215 Å². The van der Waals surface area contributed by atoms with Crippen molar-refractivity contribution in [2.45, 2.75) is 29.8 Å². The van der Waals surface area contributed by atoms with Crippen LogP contribution < -0.4 is 9.46 Å². The van der Waals surface area contributed by atoms with Gasteiger partial charge in [0.1, 0.15) is 17.3 Å². The van der Waals surface area contributed by atoms with Crippen LogP contribution in [0, 0.1) is 0 Å². The Morgan fingerprint density at radius 3 is 2.44 bits per heavy atom. The van der Waals surface area contributed by atoms with Gasteiger partial charge in [-0.05, 0) is 28.8 Å². The number of nitrogens with one attached hydrogen (secondary N) is 1. The molecule has 5 nitrogen and oxygen atoms in total. The zero-order valence-electron chi connectivity index (χ0n) is 19.9. The van der Waals surface area contributed by atoms with Crippen molar-refractivity contribution in [1.82, 2.24) is 4.72 Å². The summed E-state index contributed by atoms with van der Waals surface area (Å²) in [6.07, 6.45) is 0.0776. The van der Waals surface area contributed by atoms with Gasteiger partial charge in [0.15, 0.2) is 0 Å². The highest BCUT2D eigenvalue weighted by Crippen LogP contribution is 2.46.